The molecule has 0 atom stereocenters. The summed E-state index contributed by atoms with van der Waals surface area (Å²) in [5.74, 6) is -0.143. The summed E-state index contributed by atoms with van der Waals surface area (Å²) in [6, 6.07) is 1.82. The van der Waals surface area contributed by atoms with Gasteiger partial charge in [-0.15, -0.1) is 0 Å². The Morgan fingerprint density at radius 2 is 2.11 bits per heavy atom. The molecule has 0 aromatic carbocycles. The summed E-state index contributed by atoms with van der Waals surface area (Å²) in [5.41, 5.74) is 2.68. The highest BCUT2D eigenvalue weighted by Crippen LogP contribution is 2.28. The van der Waals surface area contributed by atoms with Crippen LogP contribution in [0.25, 0.3) is 5.57 Å². The van der Waals surface area contributed by atoms with Crippen molar-refractivity contribution >= 4 is 34.5 Å². The number of hydrogen-bond acceptors (Lipinski definition) is 3. The van der Waals surface area contributed by atoms with Crippen LogP contribution in [0.1, 0.15) is 28.9 Å². The lowest BCUT2D eigenvalue weighted by Crippen LogP contribution is -2.22. The second-order valence-electron chi connectivity index (χ2n) is 4.27. The highest BCUT2D eigenvalue weighted by Gasteiger charge is 2.29. The summed E-state index contributed by atoms with van der Waals surface area (Å²) in [7, 11) is 0. The van der Waals surface area contributed by atoms with Gasteiger partial charge in [0.05, 0.1) is 17.1 Å². The molecule has 0 saturated carbocycles. The lowest BCUT2D eigenvalue weighted by Gasteiger charge is -2.07. The standard InChI is InChI=1S/C12H11N3O2S/c16-8-5-9(18)15-10(8)6-2-4-14-12(17)11-7(6)1-3-13-11/h1,3,13H,2,4-5H2,(H,14,17)(H,15,18)/b10-6-. The Labute approximate surface area is 109 Å². The smallest absolute Gasteiger partial charge is 0.268 e. The Balaban J connectivity index is 2.16. The largest absolute Gasteiger partial charge is 0.357 e. The first-order valence-corrected chi connectivity index (χ1v) is 6.10. The van der Waals surface area contributed by atoms with Crippen molar-refractivity contribution in [2.24, 2.45) is 0 Å². The number of ketones is 1. The third-order valence-corrected chi connectivity index (χ3v) is 3.37. The number of carbonyl (C=O) groups is 2. The van der Waals surface area contributed by atoms with Gasteiger partial charge in [0.25, 0.3) is 5.91 Å². The average molecular weight is 261 g/mol. The number of aromatic nitrogens is 1. The third-order valence-electron chi connectivity index (χ3n) is 3.13. The van der Waals surface area contributed by atoms with Gasteiger partial charge >= 0.3 is 0 Å². The zero-order chi connectivity index (χ0) is 12.7. The molecule has 0 spiro atoms. The maximum Gasteiger partial charge on any atom is 0.268 e. The summed E-state index contributed by atoms with van der Waals surface area (Å²) in [5, 5.41) is 5.75. The number of fused-ring (bicyclic) bond motifs is 1. The van der Waals surface area contributed by atoms with Gasteiger partial charge in [-0.25, -0.2) is 0 Å². The third kappa shape index (κ3) is 1.65. The van der Waals surface area contributed by atoms with Crippen molar-refractivity contribution in [2.75, 3.05) is 6.54 Å². The first-order valence-electron chi connectivity index (χ1n) is 5.69. The minimum Gasteiger partial charge on any atom is -0.357 e. The van der Waals surface area contributed by atoms with Crippen LogP contribution in [0.5, 0.6) is 0 Å². The lowest BCUT2D eigenvalue weighted by atomic mass is 10.0. The molecule has 6 heteroatoms. The zero-order valence-corrected chi connectivity index (χ0v) is 10.3. The molecule has 1 aromatic rings. The lowest BCUT2D eigenvalue weighted by molar-refractivity contribution is -0.114. The average Bonchev–Trinajstić information content (AvgIpc) is 2.88. The number of hydrogen-bond donors (Lipinski definition) is 3. The van der Waals surface area contributed by atoms with Gasteiger partial charge < -0.3 is 15.6 Å². The number of Topliss-reactive ketones (excluding diaryl/α,β-unsaturated/α-hetero) is 1. The number of amides is 1. The fourth-order valence-electron chi connectivity index (χ4n) is 2.32. The SMILES string of the molecule is O=C1CC(=S)N/C1=C1/CCNC(=O)c2[nH]ccc21. The van der Waals surface area contributed by atoms with Crippen LogP contribution in [0.4, 0.5) is 0 Å². The minimum atomic E-state index is -0.140. The number of aromatic amines is 1. The molecule has 5 nitrogen and oxygen atoms in total. The van der Waals surface area contributed by atoms with Crippen LogP contribution in [0.3, 0.4) is 0 Å². The summed E-state index contributed by atoms with van der Waals surface area (Å²) in [4.78, 5) is 27.1. The molecular formula is C12H11N3O2S. The van der Waals surface area contributed by atoms with E-state index in [1.54, 1.807) is 6.20 Å². The van der Waals surface area contributed by atoms with Gasteiger partial charge in [0.15, 0.2) is 5.78 Å². The van der Waals surface area contributed by atoms with E-state index < -0.39 is 0 Å². The van der Waals surface area contributed by atoms with Gasteiger partial charge in [-0.1, -0.05) is 12.2 Å². The molecule has 2 aliphatic heterocycles. The van der Waals surface area contributed by atoms with E-state index in [9.17, 15) is 9.59 Å². The Kier molecular flexibility index (Phi) is 2.52. The molecule has 3 heterocycles. The molecule has 0 unspecified atom stereocenters. The van der Waals surface area contributed by atoms with E-state index in [4.69, 9.17) is 12.2 Å². The minimum absolute atomic E-state index is 0.00324. The molecule has 0 aliphatic carbocycles. The molecule has 18 heavy (non-hydrogen) atoms. The number of carbonyl (C=O) groups excluding carboxylic acids is 2. The quantitative estimate of drug-likeness (QED) is 0.476. The van der Waals surface area contributed by atoms with Gasteiger partial charge in [0.1, 0.15) is 5.69 Å². The van der Waals surface area contributed by atoms with Crippen molar-refractivity contribution in [1.82, 2.24) is 15.6 Å². The Bertz CT molecular complexity index is 600. The maximum absolute atomic E-state index is 11.9. The molecule has 1 amide bonds. The first-order chi connectivity index (χ1) is 8.66. The molecule has 0 bridgehead atoms. The summed E-state index contributed by atoms with van der Waals surface area (Å²) >= 11 is 5.02. The van der Waals surface area contributed by atoms with Crippen LogP contribution in [-0.4, -0.2) is 28.2 Å². The van der Waals surface area contributed by atoms with Crippen LogP contribution in [-0.2, 0) is 4.79 Å². The van der Waals surface area contributed by atoms with Crippen molar-refractivity contribution in [1.29, 1.82) is 0 Å². The van der Waals surface area contributed by atoms with Crippen molar-refractivity contribution < 1.29 is 9.59 Å². The van der Waals surface area contributed by atoms with Crippen LogP contribution in [0.2, 0.25) is 0 Å². The van der Waals surface area contributed by atoms with E-state index in [-0.39, 0.29) is 18.1 Å². The maximum atomic E-state index is 11.9. The number of allylic oxidation sites excluding steroid dienone is 1. The second-order valence-corrected chi connectivity index (χ2v) is 4.77. The molecule has 2 aliphatic rings. The molecular weight excluding hydrogens is 250 g/mol. The van der Waals surface area contributed by atoms with E-state index in [1.807, 2.05) is 6.07 Å². The highest BCUT2D eigenvalue weighted by molar-refractivity contribution is 7.80. The normalized spacial score (nSPS) is 23.4. The summed E-state index contributed by atoms with van der Waals surface area (Å²) < 4.78 is 0. The second kappa shape index (κ2) is 4.06. The van der Waals surface area contributed by atoms with Crippen LogP contribution in [0.15, 0.2) is 18.0 Å². The van der Waals surface area contributed by atoms with E-state index in [0.29, 0.717) is 29.3 Å². The number of thiocarbonyl (C=S) groups is 1. The summed E-state index contributed by atoms with van der Waals surface area (Å²) in [6.45, 7) is 0.516. The van der Waals surface area contributed by atoms with Crippen LogP contribution in [0, 0.1) is 0 Å². The molecule has 92 valence electrons. The predicted molar refractivity (Wildman–Crippen MR) is 70.0 cm³/mol. The van der Waals surface area contributed by atoms with E-state index in [2.05, 4.69) is 15.6 Å². The molecule has 3 rings (SSSR count). The van der Waals surface area contributed by atoms with E-state index in [0.717, 1.165) is 11.1 Å². The van der Waals surface area contributed by atoms with Gasteiger partial charge in [0.2, 0.25) is 0 Å². The van der Waals surface area contributed by atoms with Crippen molar-refractivity contribution in [3.63, 3.8) is 0 Å². The van der Waals surface area contributed by atoms with Crippen LogP contribution < -0.4 is 10.6 Å². The monoisotopic (exact) mass is 261 g/mol. The summed E-state index contributed by atoms with van der Waals surface area (Å²) in [6.07, 6.45) is 2.58. The molecule has 1 fully saturated rings. The van der Waals surface area contributed by atoms with Gasteiger partial charge in [-0.3, -0.25) is 9.59 Å². The van der Waals surface area contributed by atoms with Crippen molar-refractivity contribution in [3.05, 3.63) is 29.2 Å². The van der Waals surface area contributed by atoms with E-state index >= 15 is 0 Å². The predicted octanol–water partition coefficient (Wildman–Crippen LogP) is 0.749. The Morgan fingerprint density at radius 1 is 1.28 bits per heavy atom. The Morgan fingerprint density at radius 3 is 2.83 bits per heavy atom. The zero-order valence-electron chi connectivity index (χ0n) is 9.50. The Hall–Kier alpha value is -1.95. The fraction of sp³-hybridized carbons (Fsp3) is 0.250. The molecule has 3 N–H and O–H groups in total. The number of nitrogens with one attached hydrogen (secondary N) is 3. The fourth-order valence-corrected chi connectivity index (χ4v) is 2.56. The van der Waals surface area contributed by atoms with Gasteiger partial charge in [-0.2, -0.15) is 0 Å². The van der Waals surface area contributed by atoms with Crippen molar-refractivity contribution in [2.45, 2.75) is 12.8 Å². The van der Waals surface area contributed by atoms with Gasteiger partial charge in [-0.05, 0) is 18.1 Å². The topological polar surface area (TPSA) is 74.0 Å². The number of rotatable bonds is 0. The van der Waals surface area contributed by atoms with Gasteiger partial charge in [0, 0.05) is 18.3 Å². The van der Waals surface area contributed by atoms with E-state index in [1.165, 1.54) is 0 Å². The molecule has 1 saturated heterocycles. The van der Waals surface area contributed by atoms with Crippen molar-refractivity contribution in [3.8, 4) is 0 Å². The van der Waals surface area contributed by atoms with Crippen LogP contribution >= 0.6 is 12.2 Å². The highest BCUT2D eigenvalue weighted by atomic mass is 32.1. The number of H-pyrrole nitrogens is 1. The molecule has 1 aromatic heterocycles. The molecule has 0 radical (unpaired) electrons. The first kappa shape index (κ1) is 11.2.